The number of carbonyl (C=O) groups is 1. The van der Waals surface area contributed by atoms with Gasteiger partial charge < -0.3 is 10.1 Å². The summed E-state index contributed by atoms with van der Waals surface area (Å²) in [6.07, 6.45) is 6.99. The molecule has 1 heterocycles. The second kappa shape index (κ2) is 11.9. The molecule has 0 aliphatic heterocycles. The summed E-state index contributed by atoms with van der Waals surface area (Å²) in [6, 6.07) is 30.0. The van der Waals surface area contributed by atoms with Gasteiger partial charge in [0.25, 0.3) is 0 Å². The van der Waals surface area contributed by atoms with Crippen LogP contribution in [0.2, 0.25) is 0 Å². The lowest BCUT2D eigenvalue weighted by atomic mass is 9.80. The minimum Gasteiger partial charge on any atom is -0.487 e. The predicted molar refractivity (Wildman–Crippen MR) is 150 cm³/mol. The Morgan fingerprint density at radius 2 is 1.57 bits per heavy atom. The van der Waals surface area contributed by atoms with Crippen molar-refractivity contribution >= 4 is 22.5 Å². The summed E-state index contributed by atoms with van der Waals surface area (Å²) in [4.78, 5) is 18.3. The van der Waals surface area contributed by atoms with Crippen molar-refractivity contribution in [3.05, 3.63) is 114 Å². The van der Waals surface area contributed by atoms with Gasteiger partial charge >= 0.3 is 0 Å². The Bertz CT molecular complexity index is 1340. The summed E-state index contributed by atoms with van der Waals surface area (Å²) >= 11 is 0. The maximum Gasteiger partial charge on any atom is 0.232 e. The van der Waals surface area contributed by atoms with Gasteiger partial charge in [0.15, 0.2) is 0 Å². The van der Waals surface area contributed by atoms with Crippen LogP contribution in [0.1, 0.15) is 61.3 Å². The molecule has 1 saturated carbocycles. The molecule has 0 spiro atoms. The van der Waals surface area contributed by atoms with E-state index in [1.165, 1.54) is 25.7 Å². The number of aromatic nitrogens is 1. The molecule has 37 heavy (non-hydrogen) atoms. The first-order chi connectivity index (χ1) is 18.2. The molecule has 0 radical (unpaired) electrons. The molecule has 1 aliphatic carbocycles. The van der Waals surface area contributed by atoms with Crippen LogP contribution in [0.5, 0.6) is 5.75 Å². The fourth-order valence-electron chi connectivity index (χ4n) is 5.34. The molecule has 5 rings (SSSR count). The first-order valence-electron chi connectivity index (χ1n) is 13.3. The Hall–Kier alpha value is -3.92. The largest absolute Gasteiger partial charge is 0.487 e. The van der Waals surface area contributed by atoms with Gasteiger partial charge in [-0.05, 0) is 54.2 Å². The van der Waals surface area contributed by atoms with Crippen LogP contribution in [0, 0.1) is 5.92 Å². The van der Waals surface area contributed by atoms with Crippen molar-refractivity contribution in [2.24, 2.45) is 5.92 Å². The lowest BCUT2D eigenvalue weighted by molar-refractivity contribution is -0.122. The number of para-hydroxylation sites is 1. The first-order valence-corrected chi connectivity index (χ1v) is 13.3. The third-order valence-electron chi connectivity index (χ3n) is 7.33. The number of pyridine rings is 1. The van der Waals surface area contributed by atoms with Crippen molar-refractivity contribution in [3.8, 4) is 5.75 Å². The zero-order valence-corrected chi connectivity index (χ0v) is 21.2. The van der Waals surface area contributed by atoms with Crippen molar-refractivity contribution in [1.82, 2.24) is 10.3 Å². The summed E-state index contributed by atoms with van der Waals surface area (Å²) < 4.78 is 6.05. The van der Waals surface area contributed by atoms with Crippen LogP contribution < -0.4 is 10.1 Å². The van der Waals surface area contributed by atoms with Gasteiger partial charge in [0.1, 0.15) is 12.4 Å². The van der Waals surface area contributed by atoms with Gasteiger partial charge in [-0.2, -0.15) is 0 Å². The van der Waals surface area contributed by atoms with Crippen LogP contribution >= 0.6 is 0 Å². The second-order valence-corrected chi connectivity index (χ2v) is 9.92. The molecular formula is C33H34N2O2. The fourth-order valence-corrected chi connectivity index (χ4v) is 5.34. The van der Waals surface area contributed by atoms with Gasteiger partial charge in [-0.15, -0.1) is 0 Å². The Balaban J connectivity index is 1.30. The quantitative estimate of drug-likeness (QED) is 0.258. The Morgan fingerprint density at radius 3 is 2.32 bits per heavy atom. The SMILES string of the molecule is C=C(NC(=O)C(c1ccc(OCc2ccc3ccccc3n2)cc1)C1CCCCCC1)c1ccccc1. The minimum atomic E-state index is -0.213. The summed E-state index contributed by atoms with van der Waals surface area (Å²) in [5, 5.41) is 4.23. The molecule has 4 aromatic rings. The van der Waals surface area contributed by atoms with Crippen LogP contribution in [0.3, 0.4) is 0 Å². The molecule has 3 aromatic carbocycles. The van der Waals surface area contributed by atoms with Gasteiger partial charge in [-0.25, -0.2) is 4.98 Å². The maximum absolute atomic E-state index is 13.6. The molecule has 0 saturated heterocycles. The summed E-state index contributed by atoms with van der Waals surface area (Å²) in [6.45, 7) is 4.53. The van der Waals surface area contributed by atoms with Crippen molar-refractivity contribution in [2.45, 2.75) is 51.0 Å². The fraction of sp³-hybridized carbons (Fsp3) is 0.273. The number of amides is 1. The Labute approximate surface area is 219 Å². The zero-order chi connectivity index (χ0) is 25.5. The van der Waals surface area contributed by atoms with E-state index in [1.54, 1.807) is 0 Å². The Morgan fingerprint density at radius 1 is 0.865 bits per heavy atom. The monoisotopic (exact) mass is 490 g/mol. The maximum atomic E-state index is 13.6. The van der Waals surface area contributed by atoms with E-state index in [1.807, 2.05) is 78.9 Å². The van der Waals surface area contributed by atoms with E-state index in [0.717, 1.165) is 46.3 Å². The van der Waals surface area contributed by atoms with Gasteiger partial charge in [0.05, 0.1) is 17.1 Å². The normalized spacial score (nSPS) is 15.0. The lowest BCUT2D eigenvalue weighted by Crippen LogP contribution is -2.32. The molecular weight excluding hydrogens is 456 g/mol. The number of fused-ring (bicyclic) bond motifs is 1. The van der Waals surface area contributed by atoms with Crippen molar-refractivity contribution in [1.29, 1.82) is 0 Å². The molecule has 188 valence electrons. The van der Waals surface area contributed by atoms with Crippen molar-refractivity contribution < 1.29 is 9.53 Å². The van der Waals surface area contributed by atoms with Gasteiger partial charge in [0, 0.05) is 11.1 Å². The first kappa shape index (κ1) is 24.8. The molecule has 4 heteroatoms. The highest BCUT2D eigenvalue weighted by molar-refractivity contribution is 5.91. The average molecular weight is 491 g/mol. The van der Waals surface area contributed by atoms with Crippen LogP contribution in [0.4, 0.5) is 0 Å². The number of nitrogens with zero attached hydrogens (tertiary/aromatic N) is 1. The van der Waals surface area contributed by atoms with Gasteiger partial charge in [0.2, 0.25) is 5.91 Å². The van der Waals surface area contributed by atoms with E-state index in [-0.39, 0.29) is 11.8 Å². The van der Waals surface area contributed by atoms with Gasteiger partial charge in [-0.1, -0.05) is 99.0 Å². The number of rotatable bonds is 8. The zero-order valence-electron chi connectivity index (χ0n) is 21.2. The number of hydrogen-bond donors (Lipinski definition) is 1. The second-order valence-electron chi connectivity index (χ2n) is 9.92. The van der Waals surface area contributed by atoms with E-state index in [2.05, 4.69) is 24.0 Å². The number of ether oxygens (including phenoxy) is 1. The smallest absolute Gasteiger partial charge is 0.232 e. The summed E-state index contributed by atoms with van der Waals surface area (Å²) in [7, 11) is 0. The molecule has 1 aliphatic rings. The molecule has 1 atom stereocenters. The molecule has 1 aromatic heterocycles. The standard InChI is InChI=1S/C33H34N2O2/c1-24(25-11-7-4-8-12-25)34-33(36)32(27-14-5-2-3-6-15-27)28-18-21-30(22-19-28)37-23-29-20-17-26-13-9-10-16-31(26)35-29/h4,7-13,16-22,27,32H,1-3,5-6,14-15,23H2,(H,34,36). The van der Waals surface area contributed by atoms with Crippen LogP contribution in [0.15, 0.2) is 97.6 Å². The molecule has 1 N–H and O–H groups in total. The van der Waals surface area contributed by atoms with Crippen LogP contribution in [-0.2, 0) is 11.4 Å². The van der Waals surface area contributed by atoms with Crippen LogP contribution in [-0.4, -0.2) is 10.9 Å². The third-order valence-corrected chi connectivity index (χ3v) is 7.33. The number of benzene rings is 3. The predicted octanol–water partition coefficient (Wildman–Crippen LogP) is 7.65. The van der Waals surface area contributed by atoms with E-state index in [0.29, 0.717) is 18.2 Å². The number of carbonyl (C=O) groups excluding carboxylic acids is 1. The van der Waals surface area contributed by atoms with Crippen LogP contribution in [0.25, 0.3) is 16.6 Å². The number of hydrogen-bond acceptors (Lipinski definition) is 3. The highest BCUT2D eigenvalue weighted by Crippen LogP contribution is 2.36. The average Bonchev–Trinajstić information content (AvgIpc) is 3.22. The van der Waals surface area contributed by atoms with E-state index in [9.17, 15) is 4.79 Å². The molecule has 0 bridgehead atoms. The van der Waals surface area contributed by atoms with E-state index >= 15 is 0 Å². The summed E-state index contributed by atoms with van der Waals surface area (Å²) in [5.41, 5.74) is 4.46. The summed E-state index contributed by atoms with van der Waals surface area (Å²) in [5.74, 6) is 0.900. The van der Waals surface area contributed by atoms with Crippen molar-refractivity contribution in [3.63, 3.8) is 0 Å². The number of nitrogens with one attached hydrogen (secondary N) is 1. The lowest BCUT2D eigenvalue weighted by Gasteiger charge is -2.26. The van der Waals surface area contributed by atoms with E-state index < -0.39 is 0 Å². The molecule has 1 fully saturated rings. The van der Waals surface area contributed by atoms with Gasteiger partial charge in [-0.3, -0.25) is 4.79 Å². The van der Waals surface area contributed by atoms with E-state index in [4.69, 9.17) is 9.72 Å². The molecule has 1 unspecified atom stereocenters. The topological polar surface area (TPSA) is 51.2 Å². The highest BCUT2D eigenvalue weighted by Gasteiger charge is 2.30. The minimum absolute atomic E-state index is 0.0229. The van der Waals surface area contributed by atoms with Crippen molar-refractivity contribution in [2.75, 3.05) is 0 Å². The molecule has 1 amide bonds. The highest BCUT2D eigenvalue weighted by atomic mass is 16.5. The third kappa shape index (κ3) is 6.26. The Kier molecular flexibility index (Phi) is 7.95. The molecule has 4 nitrogen and oxygen atoms in total.